The van der Waals surface area contributed by atoms with Crippen molar-refractivity contribution in [2.75, 3.05) is 20.0 Å². The van der Waals surface area contributed by atoms with Gasteiger partial charge in [0.2, 0.25) is 6.79 Å². The van der Waals surface area contributed by atoms with Gasteiger partial charge in [0.05, 0.1) is 13.2 Å². The molecule has 0 heterocycles. The number of carbonyl (C=O) groups is 3. The number of nitrogens with zero attached hydrogens (tertiary/aromatic N) is 1. The van der Waals surface area contributed by atoms with Crippen LogP contribution in [0.4, 0.5) is 4.79 Å². The van der Waals surface area contributed by atoms with E-state index in [0.29, 0.717) is 0 Å². The monoisotopic (exact) mass is 357 g/mol. The zero-order valence-electron chi connectivity index (χ0n) is 13.2. The SMILES string of the molecule is CC(=O)Oc1ccccc1C(=O)OCOC(=O)OCCCO[N+](=O)[O-]. The third-order valence-corrected chi connectivity index (χ3v) is 2.43. The molecule has 0 amide bonds. The minimum atomic E-state index is -1.12. The zero-order chi connectivity index (χ0) is 18.7. The van der Waals surface area contributed by atoms with Gasteiger partial charge in [-0.1, -0.05) is 12.1 Å². The van der Waals surface area contributed by atoms with Crippen LogP contribution in [-0.4, -0.2) is 43.2 Å². The first-order chi connectivity index (χ1) is 11.9. The van der Waals surface area contributed by atoms with E-state index >= 15 is 0 Å². The van der Waals surface area contributed by atoms with Crippen LogP contribution in [0.15, 0.2) is 24.3 Å². The van der Waals surface area contributed by atoms with Crippen LogP contribution in [0, 0.1) is 10.1 Å². The minimum absolute atomic E-state index is 0.00775. The Kier molecular flexibility index (Phi) is 8.20. The van der Waals surface area contributed by atoms with E-state index in [1.54, 1.807) is 6.07 Å². The predicted octanol–water partition coefficient (Wildman–Crippen LogP) is 1.48. The molecule has 0 radical (unpaired) electrons. The van der Waals surface area contributed by atoms with E-state index in [-0.39, 0.29) is 30.9 Å². The van der Waals surface area contributed by atoms with Crippen LogP contribution in [0.3, 0.4) is 0 Å². The van der Waals surface area contributed by atoms with Gasteiger partial charge in [-0.2, -0.15) is 0 Å². The molecule has 0 atom stereocenters. The normalized spacial score (nSPS) is 9.64. The van der Waals surface area contributed by atoms with E-state index in [4.69, 9.17) is 9.47 Å². The lowest BCUT2D eigenvalue weighted by atomic mass is 10.2. The Labute approximate surface area is 141 Å². The molecule has 1 aromatic carbocycles. The van der Waals surface area contributed by atoms with Gasteiger partial charge in [-0.3, -0.25) is 4.79 Å². The highest BCUT2D eigenvalue weighted by atomic mass is 16.9. The quantitative estimate of drug-likeness (QED) is 0.159. The third-order valence-electron chi connectivity index (χ3n) is 2.43. The fourth-order valence-corrected chi connectivity index (χ4v) is 1.48. The lowest BCUT2D eigenvalue weighted by Gasteiger charge is -2.09. The van der Waals surface area contributed by atoms with E-state index in [2.05, 4.69) is 14.3 Å². The summed E-state index contributed by atoms with van der Waals surface area (Å²) in [7, 11) is 0. The van der Waals surface area contributed by atoms with Crippen molar-refractivity contribution in [3.05, 3.63) is 39.9 Å². The molecule has 1 rings (SSSR count). The van der Waals surface area contributed by atoms with E-state index in [1.165, 1.54) is 25.1 Å². The summed E-state index contributed by atoms with van der Waals surface area (Å²) in [6, 6.07) is 5.87. The first-order valence-electron chi connectivity index (χ1n) is 6.91. The fourth-order valence-electron chi connectivity index (χ4n) is 1.48. The van der Waals surface area contributed by atoms with E-state index in [9.17, 15) is 24.5 Å². The number of rotatable bonds is 9. The Hall–Kier alpha value is -3.37. The number of para-hydroxylation sites is 1. The van der Waals surface area contributed by atoms with Gasteiger partial charge >= 0.3 is 18.1 Å². The van der Waals surface area contributed by atoms with Crippen molar-refractivity contribution in [3.8, 4) is 5.75 Å². The summed E-state index contributed by atoms with van der Waals surface area (Å²) in [5.74, 6) is -1.47. The van der Waals surface area contributed by atoms with Crippen LogP contribution in [0.1, 0.15) is 23.7 Å². The zero-order valence-corrected chi connectivity index (χ0v) is 13.2. The molecule has 136 valence electrons. The molecule has 0 unspecified atom stereocenters. The van der Waals surface area contributed by atoms with Crippen LogP contribution in [0.2, 0.25) is 0 Å². The molecule has 25 heavy (non-hydrogen) atoms. The highest BCUT2D eigenvalue weighted by Gasteiger charge is 2.15. The molecule has 11 nitrogen and oxygen atoms in total. The van der Waals surface area contributed by atoms with Crippen molar-refractivity contribution >= 4 is 18.1 Å². The Balaban J connectivity index is 2.31. The van der Waals surface area contributed by atoms with Crippen LogP contribution in [-0.2, 0) is 23.8 Å². The molecule has 0 aliphatic heterocycles. The van der Waals surface area contributed by atoms with Gasteiger partial charge in [0.25, 0.3) is 5.09 Å². The average molecular weight is 357 g/mol. The van der Waals surface area contributed by atoms with Gasteiger partial charge in [0.15, 0.2) is 0 Å². The smallest absolute Gasteiger partial charge is 0.434 e. The molecule has 0 bridgehead atoms. The highest BCUT2D eigenvalue weighted by Crippen LogP contribution is 2.19. The largest absolute Gasteiger partial charge is 0.511 e. The van der Waals surface area contributed by atoms with Crippen LogP contribution < -0.4 is 4.74 Å². The van der Waals surface area contributed by atoms with Gasteiger partial charge in [-0.15, -0.1) is 10.1 Å². The van der Waals surface area contributed by atoms with Crippen molar-refractivity contribution in [3.63, 3.8) is 0 Å². The van der Waals surface area contributed by atoms with Gasteiger partial charge in [0, 0.05) is 13.3 Å². The summed E-state index contributed by atoms with van der Waals surface area (Å²) in [4.78, 5) is 47.9. The maximum Gasteiger partial charge on any atom is 0.511 e. The molecule has 0 aromatic heterocycles. The van der Waals surface area contributed by atoms with Gasteiger partial charge in [-0.05, 0) is 12.1 Å². The summed E-state index contributed by atoms with van der Waals surface area (Å²) >= 11 is 0. The molecule has 0 saturated heterocycles. The van der Waals surface area contributed by atoms with Gasteiger partial charge < -0.3 is 23.8 Å². The first kappa shape index (κ1) is 19.7. The molecule has 0 saturated carbocycles. The lowest BCUT2D eigenvalue weighted by Crippen LogP contribution is -2.16. The summed E-state index contributed by atoms with van der Waals surface area (Å²) in [6.07, 6.45) is -1.03. The summed E-state index contributed by atoms with van der Waals surface area (Å²) < 4.78 is 18.6. The molecule has 0 N–H and O–H groups in total. The molecular formula is C14H15NO10. The minimum Gasteiger partial charge on any atom is -0.434 e. The second-order valence-corrected chi connectivity index (χ2v) is 4.29. The molecule has 0 spiro atoms. The van der Waals surface area contributed by atoms with E-state index < -0.39 is 30.0 Å². The van der Waals surface area contributed by atoms with E-state index in [1.807, 2.05) is 0 Å². The molecule has 11 heteroatoms. The summed E-state index contributed by atoms with van der Waals surface area (Å²) in [5.41, 5.74) is -0.0217. The van der Waals surface area contributed by atoms with Gasteiger partial charge in [-0.25, -0.2) is 9.59 Å². The highest BCUT2D eigenvalue weighted by molar-refractivity contribution is 5.93. The molecule has 0 aliphatic rings. The summed E-state index contributed by atoms with van der Waals surface area (Å²) in [5, 5.41) is 8.91. The maximum absolute atomic E-state index is 11.9. The number of carbonyl (C=O) groups excluding carboxylic acids is 3. The van der Waals surface area contributed by atoms with Crippen molar-refractivity contribution in [2.45, 2.75) is 13.3 Å². The van der Waals surface area contributed by atoms with Crippen molar-refractivity contribution in [1.29, 1.82) is 0 Å². The third kappa shape index (κ3) is 8.16. The lowest BCUT2D eigenvalue weighted by molar-refractivity contribution is -0.757. The maximum atomic E-state index is 11.9. The van der Waals surface area contributed by atoms with Gasteiger partial charge in [0.1, 0.15) is 11.3 Å². The molecule has 0 fully saturated rings. The first-order valence-corrected chi connectivity index (χ1v) is 6.91. The Morgan fingerprint density at radius 2 is 1.80 bits per heavy atom. The van der Waals surface area contributed by atoms with Crippen LogP contribution in [0.5, 0.6) is 5.75 Å². The van der Waals surface area contributed by atoms with Crippen molar-refractivity contribution in [2.24, 2.45) is 0 Å². The fraction of sp³-hybridized carbons (Fsp3) is 0.357. The van der Waals surface area contributed by atoms with Crippen LogP contribution in [0.25, 0.3) is 0 Å². The predicted molar refractivity (Wildman–Crippen MR) is 78.0 cm³/mol. The topological polar surface area (TPSA) is 141 Å². The number of ether oxygens (including phenoxy) is 4. The second-order valence-electron chi connectivity index (χ2n) is 4.29. The van der Waals surface area contributed by atoms with Crippen molar-refractivity contribution in [1.82, 2.24) is 0 Å². The number of benzene rings is 1. The molecule has 0 aliphatic carbocycles. The number of esters is 2. The second kappa shape index (κ2) is 10.4. The van der Waals surface area contributed by atoms with Crippen LogP contribution >= 0.6 is 0 Å². The standard InChI is InChI=1S/C14H15NO10/c1-10(16)25-12-6-3-2-5-11(12)13(17)22-9-23-14(18)21-7-4-8-24-15(19)20/h2-3,5-6H,4,7-9H2,1H3. The van der Waals surface area contributed by atoms with Crippen molar-refractivity contribution < 1.29 is 43.3 Å². The molecule has 1 aromatic rings. The number of hydrogen-bond acceptors (Lipinski definition) is 10. The summed E-state index contributed by atoms with van der Waals surface area (Å²) in [6.45, 7) is 0.0491. The Morgan fingerprint density at radius 1 is 1.08 bits per heavy atom. The number of hydrogen-bond donors (Lipinski definition) is 0. The Morgan fingerprint density at radius 3 is 2.48 bits per heavy atom. The van der Waals surface area contributed by atoms with E-state index in [0.717, 1.165) is 0 Å². The average Bonchev–Trinajstić information content (AvgIpc) is 2.54. The molecular weight excluding hydrogens is 342 g/mol. The Bertz CT molecular complexity index is 630.